The third kappa shape index (κ3) is 3.72. The molecule has 0 saturated carbocycles. The van der Waals surface area contributed by atoms with Crippen LogP contribution in [0.2, 0.25) is 0 Å². The van der Waals surface area contributed by atoms with Gasteiger partial charge in [0.2, 0.25) is 0 Å². The number of amides is 1. The minimum Gasteiger partial charge on any atom is -0.448 e. The van der Waals surface area contributed by atoms with Gasteiger partial charge in [0.25, 0.3) is 0 Å². The summed E-state index contributed by atoms with van der Waals surface area (Å²) in [5.74, 6) is 0.0445. The first-order valence-electron chi connectivity index (χ1n) is 13.3. The Bertz CT molecular complexity index is 1440. The summed E-state index contributed by atoms with van der Waals surface area (Å²) in [7, 11) is 0. The van der Waals surface area contributed by atoms with Crippen LogP contribution < -0.4 is 0 Å². The van der Waals surface area contributed by atoms with Gasteiger partial charge in [-0.25, -0.2) is 4.79 Å². The van der Waals surface area contributed by atoms with E-state index in [0.717, 1.165) is 35.7 Å². The molecule has 37 heavy (non-hydrogen) atoms. The fourth-order valence-corrected chi connectivity index (χ4v) is 6.99. The number of carbonyl (C=O) groups is 1. The van der Waals surface area contributed by atoms with Gasteiger partial charge in [0.15, 0.2) is 0 Å². The summed E-state index contributed by atoms with van der Waals surface area (Å²) in [6, 6.07) is 26.7. The molecule has 3 aromatic carbocycles. The summed E-state index contributed by atoms with van der Waals surface area (Å²) >= 11 is 0. The van der Waals surface area contributed by atoms with Gasteiger partial charge in [0.05, 0.1) is 11.1 Å². The summed E-state index contributed by atoms with van der Waals surface area (Å²) in [6.07, 6.45) is 5.41. The zero-order chi connectivity index (χ0) is 25.0. The van der Waals surface area contributed by atoms with Crippen LogP contribution in [0.1, 0.15) is 54.7 Å². The minimum absolute atomic E-state index is 0.0346. The normalized spacial score (nSPS) is 24.5. The van der Waals surface area contributed by atoms with Crippen LogP contribution in [0.3, 0.4) is 0 Å². The topological polar surface area (TPSA) is 62.7 Å². The molecule has 1 amide bonds. The molecule has 2 aliphatic heterocycles. The molecule has 3 aliphatic rings. The van der Waals surface area contributed by atoms with Gasteiger partial charge in [0, 0.05) is 42.4 Å². The molecule has 1 aliphatic carbocycles. The Morgan fingerprint density at radius 1 is 0.919 bits per heavy atom. The maximum Gasteiger partial charge on any atom is 0.410 e. The molecular weight excluding hydrogens is 460 g/mol. The lowest BCUT2D eigenvalue weighted by Crippen LogP contribution is -2.59. The van der Waals surface area contributed by atoms with E-state index in [1.54, 1.807) is 6.20 Å². The lowest BCUT2D eigenvalue weighted by Gasteiger charge is -2.51. The van der Waals surface area contributed by atoms with Crippen molar-refractivity contribution in [2.75, 3.05) is 6.61 Å². The van der Waals surface area contributed by atoms with Crippen molar-refractivity contribution in [1.82, 2.24) is 9.88 Å². The Balaban J connectivity index is 1.11. The maximum absolute atomic E-state index is 13.5. The summed E-state index contributed by atoms with van der Waals surface area (Å²) < 4.78 is 6.04. The van der Waals surface area contributed by atoms with E-state index in [4.69, 9.17) is 4.74 Å². The van der Waals surface area contributed by atoms with Crippen molar-refractivity contribution >= 4 is 17.0 Å². The Morgan fingerprint density at radius 3 is 2.30 bits per heavy atom. The number of aromatic nitrogens is 1. The third-order valence-electron chi connectivity index (χ3n) is 8.70. The van der Waals surface area contributed by atoms with Gasteiger partial charge in [0.1, 0.15) is 6.61 Å². The summed E-state index contributed by atoms with van der Waals surface area (Å²) in [5, 5.41) is 12.9. The molecule has 4 aromatic rings. The van der Waals surface area contributed by atoms with Crippen LogP contribution in [0.5, 0.6) is 0 Å². The summed E-state index contributed by atoms with van der Waals surface area (Å²) in [5.41, 5.74) is 5.69. The van der Waals surface area contributed by atoms with E-state index in [1.165, 1.54) is 22.3 Å². The van der Waals surface area contributed by atoms with Crippen LogP contribution in [0.4, 0.5) is 4.79 Å². The molecule has 2 fully saturated rings. The first-order chi connectivity index (χ1) is 18.1. The van der Waals surface area contributed by atoms with Crippen molar-refractivity contribution in [2.45, 2.75) is 55.7 Å². The standard InChI is InChI=1S/C32H30N2O3/c35-31(37-20-29-27-12-3-1-10-25(27)26-11-2-4-13-28(26)29)34-23-8-5-9-24(34)19-32(36,18-23)22-15-14-21-7-6-16-33-30(21)17-22/h1-4,6-7,10-17,23-24,29,36H,5,8-9,18-20H2. The van der Waals surface area contributed by atoms with Gasteiger partial charge >= 0.3 is 6.09 Å². The van der Waals surface area contributed by atoms with Crippen LogP contribution in [0.25, 0.3) is 22.0 Å². The van der Waals surface area contributed by atoms with Crippen LogP contribution in [0, 0.1) is 0 Å². The number of benzene rings is 3. The third-order valence-corrected chi connectivity index (χ3v) is 8.70. The largest absolute Gasteiger partial charge is 0.448 e. The van der Waals surface area contributed by atoms with Gasteiger partial charge in [-0.15, -0.1) is 0 Å². The molecule has 0 spiro atoms. The lowest BCUT2D eigenvalue weighted by atomic mass is 9.72. The number of fused-ring (bicyclic) bond motifs is 6. The van der Waals surface area contributed by atoms with E-state index in [1.807, 2.05) is 35.2 Å². The van der Waals surface area contributed by atoms with E-state index in [0.29, 0.717) is 19.4 Å². The van der Waals surface area contributed by atoms with E-state index in [9.17, 15) is 9.90 Å². The molecular formula is C32H30N2O3. The number of hydrogen-bond acceptors (Lipinski definition) is 4. The fraction of sp³-hybridized carbons (Fsp3) is 0.312. The first kappa shape index (κ1) is 22.5. The highest BCUT2D eigenvalue weighted by atomic mass is 16.6. The van der Waals surface area contributed by atoms with E-state index >= 15 is 0 Å². The predicted molar refractivity (Wildman–Crippen MR) is 143 cm³/mol. The molecule has 5 heteroatoms. The Kier molecular flexibility index (Phi) is 5.29. The highest BCUT2D eigenvalue weighted by Crippen LogP contribution is 2.47. The number of rotatable bonds is 3. The molecule has 2 unspecified atom stereocenters. The van der Waals surface area contributed by atoms with Crippen LogP contribution >= 0.6 is 0 Å². The van der Waals surface area contributed by atoms with Gasteiger partial charge in [-0.2, -0.15) is 0 Å². The number of aliphatic hydroxyl groups is 1. The zero-order valence-electron chi connectivity index (χ0n) is 20.7. The minimum atomic E-state index is -0.971. The summed E-state index contributed by atoms with van der Waals surface area (Å²) in [4.78, 5) is 19.9. The molecule has 186 valence electrons. The average Bonchev–Trinajstić information content (AvgIpc) is 3.24. The van der Waals surface area contributed by atoms with Crippen LogP contribution in [-0.2, 0) is 10.3 Å². The molecule has 5 nitrogen and oxygen atoms in total. The SMILES string of the molecule is O=C(OCC1c2ccccc2-c2ccccc21)N1C2CCCC1CC(O)(c1ccc3cccnc3c1)C2. The molecule has 2 saturated heterocycles. The second kappa shape index (κ2) is 8.70. The van der Waals surface area contributed by atoms with Crippen molar-refractivity contribution in [3.63, 3.8) is 0 Å². The zero-order valence-corrected chi connectivity index (χ0v) is 20.7. The second-order valence-electron chi connectivity index (χ2n) is 10.8. The number of carbonyl (C=O) groups excluding carboxylic acids is 1. The van der Waals surface area contributed by atoms with E-state index < -0.39 is 5.60 Å². The molecule has 1 aromatic heterocycles. The number of ether oxygens (including phenoxy) is 1. The van der Waals surface area contributed by atoms with E-state index in [2.05, 4.69) is 53.5 Å². The van der Waals surface area contributed by atoms with Crippen molar-refractivity contribution in [2.24, 2.45) is 0 Å². The van der Waals surface area contributed by atoms with Gasteiger partial charge in [-0.05, 0) is 59.2 Å². The quantitative estimate of drug-likeness (QED) is 0.362. The predicted octanol–water partition coefficient (Wildman–Crippen LogP) is 6.39. The van der Waals surface area contributed by atoms with Gasteiger partial charge in [-0.1, -0.05) is 66.7 Å². The average molecular weight is 491 g/mol. The molecule has 3 heterocycles. The van der Waals surface area contributed by atoms with Gasteiger partial charge < -0.3 is 14.7 Å². The number of pyridine rings is 1. The Labute approximate surface area is 216 Å². The molecule has 2 atom stereocenters. The number of hydrogen-bond donors (Lipinski definition) is 1. The van der Waals surface area contributed by atoms with Crippen molar-refractivity contribution in [1.29, 1.82) is 0 Å². The number of nitrogens with zero attached hydrogens (tertiary/aromatic N) is 2. The van der Waals surface area contributed by atoms with E-state index in [-0.39, 0.29) is 24.1 Å². The maximum atomic E-state index is 13.5. The second-order valence-corrected chi connectivity index (χ2v) is 10.8. The smallest absolute Gasteiger partial charge is 0.410 e. The highest BCUT2D eigenvalue weighted by Gasteiger charge is 2.49. The molecule has 2 bridgehead atoms. The number of piperidine rings is 2. The van der Waals surface area contributed by atoms with Crippen molar-refractivity contribution < 1.29 is 14.6 Å². The monoisotopic (exact) mass is 490 g/mol. The Morgan fingerprint density at radius 2 is 1.59 bits per heavy atom. The molecule has 1 N–H and O–H groups in total. The van der Waals surface area contributed by atoms with Crippen molar-refractivity contribution in [3.05, 3.63) is 102 Å². The molecule has 0 radical (unpaired) electrons. The van der Waals surface area contributed by atoms with Crippen LogP contribution in [-0.4, -0.2) is 39.8 Å². The lowest BCUT2D eigenvalue weighted by molar-refractivity contribution is -0.0890. The van der Waals surface area contributed by atoms with Crippen molar-refractivity contribution in [3.8, 4) is 11.1 Å². The fourth-order valence-electron chi connectivity index (χ4n) is 6.99. The van der Waals surface area contributed by atoms with Crippen LogP contribution in [0.15, 0.2) is 85.1 Å². The highest BCUT2D eigenvalue weighted by molar-refractivity contribution is 5.80. The van der Waals surface area contributed by atoms with Gasteiger partial charge in [-0.3, -0.25) is 4.98 Å². The summed E-state index contributed by atoms with van der Waals surface area (Å²) in [6.45, 7) is 0.323. The molecule has 7 rings (SSSR count). The first-order valence-corrected chi connectivity index (χ1v) is 13.3. The Hall–Kier alpha value is -3.70.